The van der Waals surface area contributed by atoms with Gasteiger partial charge in [0.1, 0.15) is 11.8 Å². The molecule has 1 aromatic carbocycles. The Morgan fingerprint density at radius 1 is 1.48 bits per heavy atom. The topological polar surface area (TPSA) is 93.5 Å². The summed E-state index contributed by atoms with van der Waals surface area (Å²) in [5, 5.41) is 16.8. The fourth-order valence-corrected chi connectivity index (χ4v) is 1.89. The molecule has 7 heteroatoms. The van der Waals surface area contributed by atoms with Crippen LogP contribution in [0.3, 0.4) is 0 Å². The average Bonchev–Trinajstić information content (AvgIpc) is 3.22. The number of nitrogens with zero attached hydrogens (tertiary/aromatic N) is 1. The smallest absolute Gasteiger partial charge is 0.275 e. The molecule has 1 fully saturated rings. The first-order chi connectivity index (χ1) is 9.99. The molecular weight excluding hydrogens is 274 g/mol. The van der Waals surface area contributed by atoms with Crippen LogP contribution in [0.1, 0.15) is 26.7 Å². The first kappa shape index (κ1) is 15.1. The van der Waals surface area contributed by atoms with E-state index in [0.717, 1.165) is 12.8 Å². The summed E-state index contributed by atoms with van der Waals surface area (Å²) in [5.41, 5.74) is 0.421. The van der Waals surface area contributed by atoms with E-state index < -0.39 is 11.0 Å². The molecule has 0 spiro atoms. The van der Waals surface area contributed by atoms with Gasteiger partial charge in [-0.2, -0.15) is 0 Å². The van der Waals surface area contributed by atoms with Crippen LogP contribution < -0.4 is 15.4 Å². The molecule has 21 heavy (non-hydrogen) atoms. The molecule has 1 saturated carbocycles. The van der Waals surface area contributed by atoms with E-state index >= 15 is 0 Å². The van der Waals surface area contributed by atoms with E-state index in [1.54, 1.807) is 19.9 Å². The van der Waals surface area contributed by atoms with Crippen LogP contribution in [0.4, 0.5) is 11.4 Å². The van der Waals surface area contributed by atoms with E-state index in [4.69, 9.17) is 4.74 Å². The van der Waals surface area contributed by atoms with Crippen LogP contribution in [0.25, 0.3) is 0 Å². The van der Waals surface area contributed by atoms with Gasteiger partial charge in [-0.05, 0) is 26.7 Å². The monoisotopic (exact) mass is 293 g/mol. The Labute approximate surface area is 122 Å². The predicted octanol–water partition coefficient (Wildman–Crippen LogP) is 2.07. The molecule has 1 aliphatic carbocycles. The van der Waals surface area contributed by atoms with Crippen molar-refractivity contribution in [2.75, 3.05) is 11.9 Å². The number of nitro benzene ring substituents is 1. The summed E-state index contributed by atoms with van der Waals surface area (Å²) in [6, 6.07) is 4.22. The Morgan fingerprint density at radius 2 is 2.19 bits per heavy atom. The number of carbonyl (C=O) groups excluding carboxylic acids is 1. The standard InChI is InChI=1S/C14H19N3O4/c1-3-21-13-7-11(6-12(8-13)17(19)20)15-9(2)14(18)16-10-4-5-10/h6-10,15H,3-5H2,1-2H3,(H,16,18). The van der Waals surface area contributed by atoms with Gasteiger partial charge in [0, 0.05) is 23.9 Å². The summed E-state index contributed by atoms with van der Waals surface area (Å²) < 4.78 is 5.31. The average molecular weight is 293 g/mol. The summed E-state index contributed by atoms with van der Waals surface area (Å²) in [5.74, 6) is 0.297. The lowest BCUT2D eigenvalue weighted by Gasteiger charge is -2.15. The minimum atomic E-state index is -0.483. The minimum Gasteiger partial charge on any atom is -0.494 e. The predicted molar refractivity (Wildman–Crippen MR) is 78.5 cm³/mol. The second-order valence-corrected chi connectivity index (χ2v) is 5.05. The molecule has 1 amide bonds. The lowest BCUT2D eigenvalue weighted by Crippen LogP contribution is -2.38. The van der Waals surface area contributed by atoms with Crippen molar-refractivity contribution in [2.24, 2.45) is 0 Å². The number of carbonyl (C=O) groups is 1. The largest absolute Gasteiger partial charge is 0.494 e. The Morgan fingerprint density at radius 3 is 2.76 bits per heavy atom. The molecule has 1 aromatic rings. The maximum absolute atomic E-state index is 11.9. The number of benzene rings is 1. The van der Waals surface area contributed by atoms with E-state index in [2.05, 4.69) is 10.6 Å². The van der Waals surface area contributed by atoms with Gasteiger partial charge in [-0.3, -0.25) is 14.9 Å². The molecule has 0 bridgehead atoms. The number of hydrogen-bond donors (Lipinski definition) is 2. The maximum Gasteiger partial charge on any atom is 0.275 e. The number of anilines is 1. The van der Waals surface area contributed by atoms with Crippen molar-refractivity contribution in [1.82, 2.24) is 5.32 Å². The van der Waals surface area contributed by atoms with E-state index in [0.29, 0.717) is 18.0 Å². The molecule has 1 atom stereocenters. The summed E-state index contributed by atoms with van der Waals surface area (Å²) in [7, 11) is 0. The highest BCUT2D eigenvalue weighted by atomic mass is 16.6. The second kappa shape index (κ2) is 6.43. The maximum atomic E-state index is 11.9. The SMILES string of the molecule is CCOc1cc(NC(C)C(=O)NC2CC2)cc([N+](=O)[O-])c1. The van der Waals surface area contributed by atoms with Crippen LogP contribution in [0, 0.1) is 10.1 Å². The van der Waals surface area contributed by atoms with Gasteiger partial charge in [0.2, 0.25) is 5.91 Å². The van der Waals surface area contributed by atoms with Gasteiger partial charge in [-0.1, -0.05) is 0 Å². The number of non-ortho nitro benzene ring substituents is 1. The van der Waals surface area contributed by atoms with Crippen molar-refractivity contribution in [3.05, 3.63) is 28.3 Å². The van der Waals surface area contributed by atoms with E-state index in [1.165, 1.54) is 12.1 Å². The Kier molecular flexibility index (Phi) is 4.62. The molecular formula is C14H19N3O4. The number of hydrogen-bond acceptors (Lipinski definition) is 5. The Balaban J connectivity index is 2.09. The summed E-state index contributed by atoms with van der Waals surface area (Å²) >= 11 is 0. The minimum absolute atomic E-state index is 0.0711. The van der Waals surface area contributed by atoms with Gasteiger partial charge in [-0.25, -0.2) is 0 Å². The highest BCUT2D eigenvalue weighted by Crippen LogP contribution is 2.26. The van der Waals surface area contributed by atoms with Crippen LogP contribution in [0.15, 0.2) is 18.2 Å². The molecule has 0 aliphatic heterocycles. The molecule has 7 nitrogen and oxygen atoms in total. The summed E-state index contributed by atoms with van der Waals surface area (Å²) in [4.78, 5) is 22.3. The molecule has 114 valence electrons. The second-order valence-electron chi connectivity index (χ2n) is 5.05. The normalized spacial score (nSPS) is 15.1. The zero-order chi connectivity index (χ0) is 15.4. The quantitative estimate of drug-likeness (QED) is 0.593. The van der Waals surface area contributed by atoms with Crippen molar-refractivity contribution >= 4 is 17.3 Å². The highest BCUT2D eigenvalue weighted by molar-refractivity contribution is 5.84. The number of nitro groups is 1. The molecule has 0 saturated heterocycles. The van der Waals surface area contributed by atoms with Crippen LogP contribution in [0.5, 0.6) is 5.75 Å². The highest BCUT2D eigenvalue weighted by Gasteiger charge is 2.25. The third-order valence-corrected chi connectivity index (χ3v) is 3.11. The van der Waals surface area contributed by atoms with Crippen molar-refractivity contribution in [1.29, 1.82) is 0 Å². The molecule has 0 radical (unpaired) electrons. The summed E-state index contributed by atoms with van der Waals surface area (Å²) in [6.07, 6.45) is 2.04. The molecule has 1 unspecified atom stereocenters. The zero-order valence-corrected chi connectivity index (χ0v) is 12.1. The fraction of sp³-hybridized carbons (Fsp3) is 0.500. The third-order valence-electron chi connectivity index (χ3n) is 3.11. The Bertz CT molecular complexity index is 543. The van der Waals surface area contributed by atoms with Gasteiger partial charge in [0.05, 0.1) is 17.6 Å². The molecule has 0 heterocycles. The van der Waals surface area contributed by atoms with Crippen molar-refractivity contribution in [3.8, 4) is 5.75 Å². The molecule has 2 N–H and O–H groups in total. The van der Waals surface area contributed by atoms with Crippen molar-refractivity contribution in [3.63, 3.8) is 0 Å². The van der Waals surface area contributed by atoms with E-state index in [1.807, 2.05) is 0 Å². The zero-order valence-electron chi connectivity index (χ0n) is 12.1. The van der Waals surface area contributed by atoms with Gasteiger partial charge in [-0.15, -0.1) is 0 Å². The van der Waals surface area contributed by atoms with Crippen LogP contribution in [-0.2, 0) is 4.79 Å². The third kappa shape index (κ3) is 4.34. The lowest BCUT2D eigenvalue weighted by molar-refractivity contribution is -0.384. The Hall–Kier alpha value is -2.31. The molecule has 2 rings (SSSR count). The fourth-order valence-electron chi connectivity index (χ4n) is 1.89. The van der Waals surface area contributed by atoms with Crippen LogP contribution in [0.2, 0.25) is 0 Å². The summed E-state index contributed by atoms with van der Waals surface area (Å²) in [6.45, 7) is 3.94. The van der Waals surface area contributed by atoms with Gasteiger partial charge >= 0.3 is 0 Å². The van der Waals surface area contributed by atoms with Gasteiger partial charge in [0.15, 0.2) is 0 Å². The van der Waals surface area contributed by atoms with Gasteiger partial charge in [0.25, 0.3) is 5.69 Å². The lowest BCUT2D eigenvalue weighted by atomic mass is 10.2. The first-order valence-corrected chi connectivity index (χ1v) is 6.98. The van der Waals surface area contributed by atoms with E-state index in [9.17, 15) is 14.9 Å². The van der Waals surface area contributed by atoms with Crippen LogP contribution in [-0.4, -0.2) is 29.5 Å². The van der Waals surface area contributed by atoms with E-state index in [-0.39, 0.29) is 17.6 Å². The number of nitrogens with one attached hydrogen (secondary N) is 2. The molecule has 0 aromatic heterocycles. The number of amides is 1. The van der Waals surface area contributed by atoms with Crippen molar-refractivity contribution in [2.45, 2.75) is 38.8 Å². The first-order valence-electron chi connectivity index (χ1n) is 6.98. The number of ether oxygens (including phenoxy) is 1. The molecule has 1 aliphatic rings. The number of rotatable bonds is 7. The van der Waals surface area contributed by atoms with Crippen molar-refractivity contribution < 1.29 is 14.5 Å². The van der Waals surface area contributed by atoms with Gasteiger partial charge < -0.3 is 15.4 Å². The van der Waals surface area contributed by atoms with Crippen LogP contribution >= 0.6 is 0 Å².